The Morgan fingerprint density at radius 2 is 1.62 bits per heavy atom. The molecule has 3 fully saturated rings. The summed E-state index contributed by atoms with van der Waals surface area (Å²) in [4.78, 5) is 21.7. The number of nitrogens with zero attached hydrogens (tertiary/aromatic N) is 3. The van der Waals surface area contributed by atoms with E-state index < -0.39 is 40.6 Å². The number of aliphatic hydroxyl groups is 1. The van der Waals surface area contributed by atoms with Crippen molar-refractivity contribution in [3.8, 4) is 0 Å². The second-order valence-corrected chi connectivity index (χ2v) is 10.7. The molecule has 0 saturated carbocycles. The van der Waals surface area contributed by atoms with E-state index in [1.54, 1.807) is 12.1 Å². The third-order valence-corrected chi connectivity index (χ3v) is 8.16. The molecule has 10 heteroatoms. The van der Waals surface area contributed by atoms with E-state index in [0.717, 1.165) is 51.9 Å². The summed E-state index contributed by atoms with van der Waals surface area (Å²) in [5.74, 6) is -4.52. The van der Waals surface area contributed by atoms with Crippen LogP contribution in [-0.4, -0.2) is 78.3 Å². The molecule has 3 atom stereocenters. The first kappa shape index (κ1) is 26.1. The molecule has 1 aromatic heterocycles. The smallest absolute Gasteiger partial charge is 0.262 e. The molecule has 37 heavy (non-hydrogen) atoms. The molecule has 3 saturated heterocycles. The lowest BCUT2D eigenvalue weighted by molar-refractivity contribution is -0.0703. The van der Waals surface area contributed by atoms with E-state index in [4.69, 9.17) is 4.74 Å². The first-order valence-corrected chi connectivity index (χ1v) is 12.8. The Morgan fingerprint density at radius 1 is 1.03 bits per heavy atom. The predicted molar refractivity (Wildman–Crippen MR) is 132 cm³/mol. The Labute approximate surface area is 214 Å². The second kappa shape index (κ2) is 10.3. The van der Waals surface area contributed by atoms with Crippen molar-refractivity contribution in [3.05, 3.63) is 59.0 Å². The number of hydrogen-bond donors (Lipinski definition) is 2. The third-order valence-electron chi connectivity index (χ3n) is 8.16. The average molecular weight is 519 g/mol. The van der Waals surface area contributed by atoms with Gasteiger partial charge in [-0.15, -0.1) is 0 Å². The van der Waals surface area contributed by atoms with Gasteiger partial charge in [0.2, 0.25) is 0 Å². The largest absolute Gasteiger partial charge is 0.380 e. The molecule has 0 bridgehead atoms. The van der Waals surface area contributed by atoms with Crippen LogP contribution in [0, 0.1) is 29.3 Å². The SMILES string of the molecule is CN1CCC(C2OC2C(O)(c2cccc(NC(=O)c3c(F)cc(F)cc3F)n2)C2CCN(C)CC2)CC1. The highest BCUT2D eigenvalue weighted by Crippen LogP contribution is 2.50. The molecule has 0 aliphatic carbocycles. The van der Waals surface area contributed by atoms with Crippen LogP contribution in [0.25, 0.3) is 0 Å². The zero-order chi connectivity index (χ0) is 26.3. The van der Waals surface area contributed by atoms with Crippen molar-refractivity contribution in [2.75, 3.05) is 45.6 Å². The number of amides is 1. The van der Waals surface area contributed by atoms with Crippen molar-refractivity contribution >= 4 is 11.7 Å². The quantitative estimate of drug-likeness (QED) is 0.571. The third kappa shape index (κ3) is 5.25. The number of piperidine rings is 2. The van der Waals surface area contributed by atoms with E-state index in [-0.39, 0.29) is 17.8 Å². The van der Waals surface area contributed by atoms with Crippen LogP contribution >= 0.6 is 0 Å². The molecular formula is C27H33F3N4O3. The Kier molecular flexibility index (Phi) is 7.28. The molecule has 3 aliphatic heterocycles. The highest BCUT2D eigenvalue weighted by Gasteiger charge is 2.61. The molecule has 3 aliphatic rings. The summed E-state index contributed by atoms with van der Waals surface area (Å²) < 4.78 is 47.7. The Hall–Kier alpha value is -2.53. The fourth-order valence-corrected chi connectivity index (χ4v) is 5.89. The van der Waals surface area contributed by atoms with E-state index in [1.807, 2.05) is 7.05 Å². The van der Waals surface area contributed by atoms with Crippen molar-refractivity contribution in [3.63, 3.8) is 0 Å². The first-order valence-electron chi connectivity index (χ1n) is 12.8. The lowest BCUT2D eigenvalue weighted by Crippen LogP contribution is -2.48. The molecule has 200 valence electrons. The van der Waals surface area contributed by atoms with Gasteiger partial charge in [-0.1, -0.05) is 6.07 Å². The monoisotopic (exact) mass is 518 g/mol. The summed E-state index contributed by atoms with van der Waals surface area (Å²) in [6.45, 7) is 3.64. The van der Waals surface area contributed by atoms with E-state index in [9.17, 15) is 23.1 Å². The number of aromatic nitrogens is 1. The van der Waals surface area contributed by atoms with E-state index in [1.165, 1.54) is 6.07 Å². The first-order chi connectivity index (χ1) is 17.7. The van der Waals surface area contributed by atoms with Gasteiger partial charge in [0, 0.05) is 12.1 Å². The maximum atomic E-state index is 14.1. The number of rotatable bonds is 6. The van der Waals surface area contributed by atoms with E-state index in [2.05, 4.69) is 27.1 Å². The van der Waals surface area contributed by atoms with Gasteiger partial charge in [-0.2, -0.15) is 0 Å². The van der Waals surface area contributed by atoms with Crippen LogP contribution in [0.2, 0.25) is 0 Å². The maximum absolute atomic E-state index is 14.1. The number of carbonyl (C=O) groups is 1. The fraction of sp³-hybridized carbons (Fsp3) is 0.556. The Morgan fingerprint density at radius 3 is 2.24 bits per heavy atom. The number of halogens is 3. The minimum atomic E-state index is -1.37. The van der Waals surface area contributed by atoms with Crippen LogP contribution in [-0.2, 0) is 10.3 Å². The number of benzene rings is 1. The second-order valence-electron chi connectivity index (χ2n) is 10.7. The van der Waals surface area contributed by atoms with Crippen molar-refractivity contribution < 1.29 is 27.8 Å². The molecule has 1 aromatic carbocycles. The summed E-state index contributed by atoms with van der Waals surface area (Å²) in [5, 5.41) is 14.7. The van der Waals surface area contributed by atoms with Gasteiger partial charge in [-0.25, -0.2) is 18.2 Å². The van der Waals surface area contributed by atoms with Gasteiger partial charge in [-0.05, 0) is 89.9 Å². The standard InChI is InChI=1S/C27H33F3N4O3/c1-33-10-6-16(7-11-33)24-25(37-24)27(36,17-8-12-34(2)13-9-17)21-4-3-5-22(31-21)32-26(35)23-19(29)14-18(28)15-20(23)30/h3-5,14-17,24-25,36H,6-13H2,1-2H3,(H,31,32,35). The number of pyridine rings is 1. The molecule has 7 nitrogen and oxygen atoms in total. The number of nitrogens with one attached hydrogen (secondary N) is 1. The van der Waals surface area contributed by atoms with E-state index in [0.29, 0.717) is 23.7 Å². The number of anilines is 1. The maximum Gasteiger partial charge on any atom is 0.262 e. The molecule has 0 radical (unpaired) electrons. The van der Waals surface area contributed by atoms with Gasteiger partial charge in [0.25, 0.3) is 5.91 Å². The Bertz CT molecular complexity index is 1130. The Balaban J connectivity index is 1.41. The average Bonchev–Trinajstić information content (AvgIpc) is 3.65. The molecule has 2 N–H and O–H groups in total. The van der Waals surface area contributed by atoms with Crippen molar-refractivity contribution in [2.24, 2.45) is 11.8 Å². The molecule has 5 rings (SSSR count). The highest BCUT2D eigenvalue weighted by atomic mass is 19.1. The summed E-state index contributed by atoms with van der Waals surface area (Å²) in [6.07, 6.45) is 3.04. The lowest BCUT2D eigenvalue weighted by atomic mass is 9.73. The van der Waals surface area contributed by atoms with Gasteiger partial charge in [-0.3, -0.25) is 4.79 Å². The topological polar surface area (TPSA) is 81.2 Å². The van der Waals surface area contributed by atoms with Crippen LogP contribution in [0.3, 0.4) is 0 Å². The molecular weight excluding hydrogens is 485 g/mol. The van der Waals surface area contributed by atoms with Crippen LogP contribution in [0.1, 0.15) is 41.7 Å². The van der Waals surface area contributed by atoms with Crippen molar-refractivity contribution in [1.29, 1.82) is 0 Å². The number of ether oxygens (including phenoxy) is 1. The van der Waals surface area contributed by atoms with Crippen molar-refractivity contribution in [1.82, 2.24) is 14.8 Å². The normalized spacial score (nSPS) is 25.6. The number of hydrogen-bond acceptors (Lipinski definition) is 6. The number of likely N-dealkylation sites (tertiary alicyclic amines) is 2. The summed E-state index contributed by atoms with van der Waals surface area (Å²) in [6, 6.07) is 5.74. The minimum Gasteiger partial charge on any atom is -0.380 e. The van der Waals surface area contributed by atoms with Crippen LogP contribution < -0.4 is 5.32 Å². The zero-order valence-electron chi connectivity index (χ0n) is 21.1. The molecule has 3 unspecified atom stereocenters. The van der Waals surface area contributed by atoms with Crippen molar-refractivity contribution in [2.45, 2.75) is 43.5 Å². The zero-order valence-corrected chi connectivity index (χ0v) is 21.1. The molecule has 2 aromatic rings. The van der Waals surface area contributed by atoms with Gasteiger partial charge >= 0.3 is 0 Å². The summed E-state index contributed by atoms with van der Waals surface area (Å²) in [5.41, 5.74) is -1.91. The van der Waals surface area contributed by atoms with Crippen LogP contribution in [0.5, 0.6) is 0 Å². The lowest BCUT2D eigenvalue weighted by Gasteiger charge is -2.40. The minimum absolute atomic E-state index is 0.0356. The van der Waals surface area contributed by atoms with E-state index >= 15 is 0 Å². The summed E-state index contributed by atoms with van der Waals surface area (Å²) >= 11 is 0. The van der Waals surface area contributed by atoms with Gasteiger partial charge in [0.15, 0.2) is 0 Å². The van der Waals surface area contributed by atoms with Crippen LogP contribution in [0.4, 0.5) is 19.0 Å². The molecule has 0 spiro atoms. The predicted octanol–water partition coefficient (Wildman–Crippen LogP) is 3.39. The highest BCUT2D eigenvalue weighted by molar-refractivity contribution is 6.04. The molecule has 1 amide bonds. The van der Waals surface area contributed by atoms with Gasteiger partial charge in [0.1, 0.15) is 40.5 Å². The summed E-state index contributed by atoms with van der Waals surface area (Å²) in [7, 11) is 4.15. The van der Waals surface area contributed by atoms with Crippen LogP contribution in [0.15, 0.2) is 30.3 Å². The van der Waals surface area contributed by atoms with Gasteiger partial charge < -0.3 is 25.0 Å². The number of epoxide rings is 1. The molecule has 4 heterocycles. The number of carbonyl (C=O) groups excluding carboxylic acids is 1. The van der Waals surface area contributed by atoms with Gasteiger partial charge in [0.05, 0.1) is 11.8 Å². The fourth-order valence-electron chi connectivity index (χ4n) is 5.89.